The zero-order valence-electron chi connectivity index (χ0n) is 9.83. The van der Waals surface area contributed by atoms with Crippen LogP contribution < -0.4 is 5.32 Å². The van der Waals surface area contributed by atoms with Crippen molar-refractivity contribution in [2.75, 3.05) is 5.32 Å². The molecule has 2 aromatic heterocycles. The van der Waals surface area contributed by atoms with Gasteiger partial charge < -0.3 is 10.3 Å². The van der Waals surface area contributed by atoms with E-state index >= 15 is 0 Å². The van der Waals surface area contributed by atoms with Crippen LogP contribution in [-0.2, 0) is 6.54 Å². The Kier molecular flexibility index (Phi) is 2.76. The monoisotopic (exact) mass is 261 g/mol. The number of aromatic amines is 1. The average Bonchev–Trinajstić information content (AvgIpc) is 2.92. The molecule has 5 heteroatoms. The fourth-order valence-electron chi connectivity index (χ4n) is 1.81. The Labute approximate surface area is 108 Å². The Morgan fingerprint density at radius 2 is 2.28 bits per heavy atom. The number of hydrogen-bond donors (Lipinski definition) is 2. The Bertz CT molecular complexity index is 686. The van der Waals surface area contributed by atoms with E-state index in [0.717, 1.165) is 12.1 Å². The highest BCUT2D eigenvalue weighted by Crippen LogP contribution is 2.18. The lowest BCUT2D eigenvalue weighted by molar-refractivity contribution is 0.629. The lowest BCUT2D eigenvalue weighted by Gasteiger charge is -2.01. The van der Waals surface area contributed by atoms with Gasteiger partial charge in [0.15, 0.2) is 0 Å². The summed E-state index contributed by atoms with van der Waals surface area (Å²) in [5.41, 5.74) is 4.00. The van der Waals surface area contributed by atoms with Gasteiger partial charge in [0.1, 0.15) is 5.82 Å². The number of H-pyrrole nitrogens is 1. The Hall–Kier alpha value is -1.88. The van der Waals surface area contributed by atoms with Crippen LogP contribution >= 0.6 is 11.3 Å². The summed E-state index contributed by atoms with van der Waals surface area (Å²) in [7, 11) is 0. The van der Waals surface area contributed by atoms with Crippen molar-refractivity contribution in [3.63, 3.8) is 0 Å². The molecule has 18 heavy (non-hydrogen) atoms. The molecule has 0 spiro atoms. The van der Waals surface area contributed by atoms with Crippen molar-refractivity contribution in [3.05, 3.63) is 45.9 Å². The predicted molar refractivity (Wildman–Crippen MR) is 72.4 cm³/mol. The lowest BCUT2D eigenvalue weighted by atomic mass is 10.2. The number of fused-ring (bicyclic) bond motifs is 1. The van der Waals surface area contributed by atoms with Gasteiger partial charge in [-0.25, -0.2) is 9.37 Å². The molecule has 0 fully saturated rings. The van der Waals surface area contributed by atoms with Crippen LogP contribution in [0.1, 0.15) is 11.1 Å². The van der Waals surface area contributed by atoms with Gasteiger partial charge in [0, 0.05) is 6.54 Å². The molecule has 2 N–H and O–H groups in total. The standard InChI is InChI=1S/C13H12FN3S/c1-8-6-18-7-9(8)5-15-13-16-11-3-2-10(14)4-12(11)17-13/h2-4,6-7H,5H2,1H3,(H2,15,16,17). The molecule has 0 saturated carbocycles. The fourth-order valence-corrected chi connectivity index (χ4v) is 2.67. The molecule has 0 radical (unpaired) electrons. The molecule has 0 atom stereocenters. The second-order valence-electron chi connectivity index (χ2n) is 4.18. The summed E-state index contributed by atoms with van der Waals surface area (Å²) < 4.78 is 13.0. The third-order valence-electron chi connectivity index (χ3n) is 2.85. The van der Waals surface area contributed by atoms with Gasteiger partial charge in [-0.2, -0.15) is 11.3 Å². The van der Waals surface area contributed by atoms with Crippen LogP contribution in [0.15, 0.2) is 29.0 Å². The molecule has 1 aromatic carbocycles. The van der Waals surface area contributed by atoms with E-state index in [2.05, 4.69) is 33.0 Å². The molecule has 92 valence electrons. The summed E-state index contributed by atoms with van der Waals surface area (Å²) in [5, 5.41) is 7.45. The summed E-state index contributed by atoms with van der Waals surface area (Å²) in [5.74, 6) is 0.410. The number of nitrogens with one attached hydrogen (secondary N) is 2. The molecule has 2 heterocycles. The maximum atomic E-state index is 13.0. The summed E-state index contributed by atoms with van der Waals surface area (Å²) in [6.45, 7) is 2.80. The van der Waals surface area contributed by atoms with E-state index < -0.39 is 0 Å². The van der Waals surface area contributed by atoms with E-state index in [-0.39, 0.29) is 5.82 Å². The van der Waals surface area contributed by atoms with Crippen molar-refractivity contribution < 1.29 is 4.39 Å². The molecule has 3 rings (SSSR count). The Morgan fingerprint density at radius 3 is 3.06 bits per heavy atom. The summed E-state index contributed by atoms with van der Waals surface area (Å²) in [6.07, 6.45) is 0. The molecule has 0 unspecified atom stereocenters. The number of nitrogens with zero attached hydrogens (tertiary/aromatic N) is 1. The van der Waals surface area contributed by atoms with Crippen LogP contribution in [0.25, 0.3) is 11.0 Å². The summed E-state index contributed by atoms with van der Waals surface area (Å²) in [6, 6.07) is 4.53. The van der Waals surface area contributed by atoms with Crippen LogP contribution in [-0.4, -0.2) is 9.97 Å². The van der Waals surface area contributed by atoms with Gasteiger partial charge in [0.05, 0.1) is 11.0 Å². The van der Waals surface area contributed by atoms with Crippen molar-refractivity contribution >= 4 is 28.3 Å². The second-order valence-corrected chi connectivity index (χ2v) is 4.92. The minimum atomic E-state index is -0.258. The highest BCUT2D eigenvalue weighted by molar-refractivity contribution is 7.08. The molecular weight excluding hydrogens is 249 g/mol. The van der Waals surface area contributed by atoms with E-state index in [1.54, 1.807) is 17.4 Å². The molecule has 0 amide bonds. The van der Waals surface area contributed by atoms with Gasteiger partial charge in [-0.05, 0) is 47.0 Å². The predicted octanol–water partition coefficient (Wildman–Crippen LogP) is 3.68. The van der Waals surface area contributed by atoms with Crippen molar-refractivity contribution in [3.8, 4) is 0 Å². The van der Waals surface area contributed by atoms with Crippen molar-refractivity contribution in [1.82, 2.24) is 9.97 Å². The van der Waals surface area contributed by atoms with Crippen molar-refractivity contribution in [2.45, 2.75) is 13.5 Å². The number of halogens is 1. The maximum Gasteiger partial charge on any atom is 0.201 e. The van der Waals surface area contributed by atoms with Gasteiger partial charge in [-0.3, -0.25) is 0 Å². The zero-order valence-corrected chi connectivity index (χ0v) is 10.6. The summed E-state index contributed by atoms with van der Waals surface area (Å²) in [4.78, 5) is 7.41. The van der Waals surface area contributed by atoms with Crippen LogP contribution in [0.5, 0.6) is 0 Å². The summed E-state index contributed by atoms with van der Waals surface area (Å²) >= 11 is 1.69. The van der Waals surface area contributed by atoms with Crippen LogP contribution in [0.2, 0.25) is 0 Å². The van der Waals surface area contributed by atoms with E-state index in [1.807, 2.05) is 0 Å². The largest absolute Gasteiger partial charge is 0.352 e. The molecule has 0 saturated heterocycles. The first-order valence-corrected chi connectivity index (χ1v) is 6.57. The molecule has 3 nitrogen and oxygen atoms in total. The Morgan fingerprint density at radius 1 is 1.39 bits per heavy atom. The number of benzene rings is 1. The normalized spacial score (nSPS) is 11.0. The van der Waals surface area contributed by atoms with Crippen LogP contribution in [0.4, 0.5) is 10.3 Å². The second kappa shape index (κ2) is 4.42. The zero-order chi connectivity index (χ0) is 12.5. The molecule has 0 aliphatic rings. The van der Waals surface area contributed by atoms with Gasteiger partial charge in [0.25, 0.3) is 0 Å². The third kappa shape index (κ3) is 2.09. The van der Waals surface area contributed by atoms with E-state index in [1.165, 1.54) is 23.3 Å². The van der Waals surface area contributed by atoms with Crippen LogP contribution in [0, 0.1) is 12.7 Å². The third-order valence-corrected chi connectivity index (χ3v) is 3.76. The number of aromatic nitrogens is 2. The van der Waals surface area contributed by atoms with Gasteiger partial charge in [-0.15, -0.1) is 0 Å². The Balaban J connectivity index is 1.81. The van der Waals surface area contributed by atoms with Crippen molar-refractivity contribution in [2.24, 2.45) is 0 Å². The highest BCUT2D eigenvalue weighted by atomic mass is 32.1. The molecule has 0 bridgehead atoms. The number of imidazole rings is 1. The number of hydrogen-bond acceptors (Lipinski definition) is 3. The number of anilines is 1. The number of aryl methyl sites for hydroxylation is 1. The van der Waals surface area contributed by atoms with E-state index in [4.69, 9.17) is 0 Å². The first-order chi connectivity index (χ1) is 8.72. The fraction of sp³-hybridized carbons (Fsp3) is 0.154. The van der Waals surface area contributed by atoms with E-state index in [0.29, 0.717) is 11.5 Å². The topological polar surface area (TPSA) is 40.7 Å². The number of rotatable bonds is 3. The first kappa shape index (κ1) is 11.2. The SMILES string of the molecule is Cc1cscc1CNc1nc2ccc(F)cc2[nH]1. The average molecular weight is 261 g/mol. The lowest BCUT2D eigenvalue weighted by Crippen LogP contribution is -2.00. The van der Waals surface area contributed by atoms with Gasteiger partial charge in [0.2, 0.25) is 5.95 Å². The quantitative estimate of drug-likeness (QED) is 0.755. The molecule has 0 aliphatic carbocycles. The van der Waals surface area contributed by atoms with E-state index in [9.17, 15) is 4.39 Å². The van der Waals surface area contributed by atoms with Gasteiger partial charge >= 0.3 is 0 Å². The first-order valence-electron chi connectivity index (χ1n) is 5.63. The molecule has 0 aliphatic heterocycles. The minimum Gasteiger partial charge on any atom is -0.352 e. The van der Waals surface area contributed by atoms with Crippen LogP contribution in [0.3, 0.4) is 0 Å². The molecular formula is C13H12FN3S. The maximum absolute atomic E-state index is 13.0. The minimum absolute atomic E-state index is 0.258. The highest BCUT2D eigenvalue weighted by Gasteiger charge is 2.04. The smallest absolute Gasteiger partial charge is 0.201 e. The van der Waals surface area contributed by atoms with Gasteiger partial charge in [-0.1, -0.05) is 0 Å². The van der Waals surface area contributed by atoms with Crippen molar-refractivity contribution in [1.29, 1.82) is 0 Å². The number of thiophene rings is 1. The molecule has 3 aromatic rings.